The average molecular weight is 339 g/mol. The lowest BCUT2D eigenvalue weighted by molar-refractivity contribution is -0.174. The minimum Gasteiger partial charge on any atom is -0.459 e. The Morgan fingerprint density at radius 1 is 1.38 bits per heavy atom. The van der Waals surface area contributed by atoms with Gasteiger partial charge in [-0.25, -0.2) is 0 Å². The molecule has 0 radical (unpaired) electrons. The molecular weight excluding hydrogens is 306 g/mol. The first-order valence-corrected chi connectivity index (χ1v) is 9.46. The van der Waals surface area contributed by atoms with Gasteiger partial charge in [0.2, 0.25) is 6.29 Å². The molecule has 0 unspecified atom stereocenters. The van der Waals surface area contributed by atoms with Crippen molar-refractivity contribution >= 4 is 5.91 Å². The fraction of sp³-hybridized carbons (Fsp3) is 0.842. The molecule has 1 N–H and O–H groups in total. The Hall–Kier alpha value is -1.07. The number of rotatable bonds is 7. The molecule has 1 aliphatic carbocycles. The number of allylic oxidation sites excluding steroid dienone is 1. The molecule has 0 saturated heterocycles. The van der Waals surface area contributed by atoms with Crippen LogP contribution in [0, 0.1) is 11.8 Å². The number of likely N-dealkylation sites (N-methyl/N-ethyl adjacent to an activating group) is 1. The van der Waals surface area contributed by atoms with Crippen LogP contribution in [-0.2, 0) is 14.3 Å². The molecule has 1 aliphatic heterocycles. The highest BCUT2D eigenvalue weighted by Gasteiger charge is 2.36. The van der Waals surface area contributed by atoms with Crippen LogP contribution in [0.25, 0.3) is 0 Å². The third-order valence-corrected chi connectivity index (χ3v) is 5.36. The van der Waals surface area contributed by atoms with Gasteiger partial charge in [-0.05, 0) is 44.6 Å². The molecule has 5 nitrogen and oxygen atoms in total. The van der Waals surface area contributed by atoms with Crippen LogP contribution in [0.1, 0.15) is 58.8 Å². The first kappa shape index (κ1) is 19.3. The van der Waals surface area contributed by atoms with Gasteiger partial charge in [0.1, 0.15) is 0 Å². The molecule has 0 bridgehead atoms. The van der Waals surface area contributed by atoms with Crippen LogP contribution in [0.4, 0.5) is 0 Å². The van der Waals surface area contributed by atoms with E-state index in [-0.39, 0.29) is 24.3 Å². The van der Waals surface area contributed by atoms with Gasteiger partial charge in [0, 0.05) is 32.2 Å². The molecule has 24 heavy (non-hydrogen) atoms. The normalized spacial score (nSPS) is 28.2. The van der Waals surface area contributed by atoms with Crippen molar-refractivity contribution in [1.29, 1.82) is 0 Å². The van der Waals surface area contributed by atoms with E-state index in [9.17, 15) is 4.79 Å². The molecule has 5 heteroatoms. The molecule has 1 amide bonds. The van der Waals surface area contributed by atoms with E-state index in [1.54, 1.807) is 0 Å². The second-order valence-electron chi connectivity index (χ2n) is 7.07. The van der Waals surface area contributed by atoms with E-state index in [0.29, 0.717) is 18.4 Å². The molecule has 0 spiro atoms. The molecule has 0 aromatic rings. The molecule has 1 heterocycles. The predicted molar refractivity (Wildman–Crippen MR) is 93.2 cm³/mol. The molecule has 0 aromatic heterocycles. The van der Waals surface area contributed by atoms with Crippen molar-refractivity contribution in [2.45, 2.75) is 71.1 Å². The smallest absolute Gasteiger partial charge is 0.288 e. The Morgan fingerprint density at radius 3 is 2.71 bits per heavy atom. The van der Waals surface area contributed by atoms with E-state index in [2.05, 4.69) is 6.92 Å². The topological polar surface area (TPSA) is 59.0 Å². The van der Waals surface area contributed by atoms with Crippen molar-refractivity contribution in [1.82, 2.24) is 4.90 Å². The van der Waals surface area contributed by atoms with Crippen LogP contribution in [0.5, 0.6) is 0 Å². The standard InChI is InChI=1S/C19H33NO4/c1-4-23-19-16(11-8-12-21)14(2)13-17(24-19)18(22)20(3)15-9-6-5-7-10-15/h13-16,19,21H,4-12H2,1-3H3/t14-,16-,19+/m0/s1. The number of aliphatic hydroxyl groups excluding tert-OH is 1. The van der Waals surface area contributed by atoms with E-state index in [4.69, 9.17) is 14.6 Å². The summed E-state index contributed by atoms with van der Waals surface area (Å²) < 4.78 is 11.7. The molecule has 1 fully saturated rings. The van der Waals surface area contributed by atoms with Crippen LogP contribution in [0.2, 0.25) is 0 Å². The number of amides is 1. The number of nitrogens with zero attached hydrogens (tertiary/aromatic N) is 1. The minimum atomic E-state index is -0.403. The number of ether oxygens (including phenoxy) is 2. The highest BCUT2D eigenvalue weighted by atomic mass is 16.7. The number of carbonyl (C=O) groups is 1. The zero-order chi connectivity index (χ0) is 17.5. The van der Waals surface area contributed by atoms with Gasteiger partial charge in [-0.15, -0.1) is 0 Å². The zero-order valence-electron chi connectivity index (χ0n) is 15.4. The summed E-state index contributed by atoms with van der Waals surface area (Å²) in [5.74, 6) is 0.766. The summed E-state index contributed by atoms with van der Waals surface area (Å²) in [5.41, 5.74) is 0. The summed E-state index contributed by atoms with van der Waals surface area (Å²) in [7, 11) is 1.89. The van der Waals surface area contributed by atoms with Gasteiger partial charge in [-0.2, -0.15) is 0 Å². The maximum Gasteiger partial charge on any atom is 0.288 e. The van der Waals surface area contributed by atoms with E-state index in [0.717, 1.165) is 25.7 Å². The first-order valence-electron chi connectivity index (χ1n) is 9.46. The lowest BCUT2D eigenvalue weighted by Crippen LogP contribution is -2.43. The monoisotopic (exact) mass is 339 g/mol. The Morgan fingerprint density at radius 2 is 2.08 bits per heavy atom. The van der Waals surface area contributed by atoms with Gasteiger partial charge in [0.15, 0.2) is 5.76 Å². The Balaban J connectivity index is 2.06. The van der Waals surface area contributed by atoms with Gasteiger partial charge in [0.05, 0.1) is 0 Å². The third kappa shape index (κ3) is 4.73. The maximum absolute atomic E-state index is 12.9. The summed E-state index contributed by atoms with van der Waals surface area (Å²) in [6, 6.07) is 0.323. The van der Waals surface area contributed by atoms with Crippen LogP contribution in [0.15, 0.2) is 11.8 Å². The second-order valence-corrected chi connectivity index (χ2v) is 7.07. The number of hydrogen-bond donors (Lipinski definition) is 1. The van der Waals surface area contributed by atoms with Crippen molar-refractivity contribution in [3.8, 4) is 0 Å². The quantitative estimate of drug-likeness (QED) is 0.774. The molecule has 3 atom stereocenters. The van der Waals surface area contributed by atoms with Gasteiger partial charge in [-0.3, -0.25) is 4.79 Å². The van der Waals surface area contributed by atoms with E-state index in [1.807, 2.05) is 24.9 Å². The van der Waals surface area contributed by atoms with Gasteiger partial charge >= 0.3 is 0 Å². The van der Waals surface area contributed by atoms with Crippen LogP contribution in [0.3, 0.4) is 0 Å². The minimum absolute atomic E-state index is 0.0286. The van der Waals surface area contributed by atoms with E-state index >= 15 is 0 Å². The van der Waals surface area contributed by atoms with E-state index < -0.39 is 6.29 Å². The summed E-state index contributed by atoms with van der Waals surface area (Å²) in [6.45, 7) is 4.75. The largest absolute Gasteiger partial charge is 0.459 e. The third-order valence-electron chi connectivity index (χ3n) is 5.36. The number of hydrogen-bond acceptors (Lipinski definition) is 4. The SMILES string of the molecule is CCO[C@@H]1OC(C(=O)N(C)C2CCCCC2)=C[C@H](C)[C@@H]1CCCO. The molecule has 138 valence electrons. The lowest BCUT2D eigenvalue weighted by atomic mass is 9.86. The zero-order valence-corrected chi connectivity index (χ0v) is 15.4. The molecule has 2 rings (SSSR count). The van der Waals surface area contributed by atoms with Crippen molar-refractivity contribution < 1.29 is 19.4 Å². The molecular formula is C19H33NO4. The number of aliphatic hydroxyl groups is 1. The van der Waals surface area contributed by atoms with Gasteiger partial charge in [0.25, 0.3) is 5.91 Å². The van der Waals surface area contributed by atoms with Crippen molar-refractivity contribution in [2.75, 3.05) is 20.3 Å². The Labute approximate surface area is 146 Å². The highest BCUT2D eigenvalue weighted by Crippen LogP contribution is 2.33. The predicted octanol–water partition coefficient (Wildman–Crippen LogP) is 3.08. The van der Waals surface area contributed by atoms with Crippen LogP contribution < -0.4 is 0 Å². The summed E-state index contributed by atoms with van der Waals surface area (Å²) in [4.78, 5) is 14.7. The average Bonchev–Trinajstić information content (AvgIpc) is 2.60. The fourth-order valence-corrected chi connectivity index (χ4v) is 3.84. The molecule has 0 aromatic carbocycles. The highest BCUT2D eigenvalue weighted by molar-refractivity contribution is 5.91. The molecule has 1 saturated carbocycles. The van der Waals surface area contributed by atoms with Crippen molar-refractivity contribution in [2.24, 2.45) is 11.8 Å². The first-order chi connectivity index (χ1) is 11.6. The number of carbonyl (C=O) groups excluding carboxylic acids is 1. The molecule has 2 aliphatic rings. The van der Waals surface area contributed by atoms with Gasteiger partial charge in [-0.1, -0.05) is 26.2 Å². The lowest BCUT2D eigenvalue weighted by Gasteiger charge is -2.37. The fourth-order valence-electron chi connectivity index (χ4n) is 3.84. The second kappa shape index (κ2) is 9.42. The van der Waals surface area contributed by atoms with Crippen molar-refractivity contribution in [3.63, 3.8) is 0 Å². The van der Waals surface area contributed by atoms with Crippen molar-refractivity contribution in [3.05, 3.63) is 11.8 Å². The van der Waals surface area contributed by atoms with E-state index in [1.165, 1.54) is 19.3 Å². The maximum atomic E-state index is 12.9. The van der Waals surface area contributed by atoms with Crippen LogP contribution >= 0.6 is 0 Å². The summed E-state index contributed by atoms with van der Waals surface area (Å²) in [6.07, 6.45) is 8.93. The Kier molecular flexibility index (Phi) is 7.56. The Bertz CT molecular complexity index is 431. The summed E-state index contributed by atoms with van der Waals surface area (Å²) in [5, 5.41) is 9.10. The summed E-state index contributed by atoms with van der Waals surface area (Å²) >= 11 is 0. The van der Waals surface area contributed by atoms with Crippen LogP contribution in [-0.4, -0.2) is 48.5 Å². The van der Waals surface area contributed by atoms with Gasteiger partial charge < -0.3 is 19.5 Å².